The number of nitrogens with one attached hydrogen (secondary N) is 2. The first-order valence-corrected chi connectivity index (χ1v) is 14.1. The third kappa shape index (κ3) is 6.10. The molecule has 0 atom stereocenters. The minimum absolute atomic E-state index is 0.0916. The van der Waals surface area contributed by atoms with Crippen LogP contribution in [0.1, 0.15) is 21.5 Å². The molecule has 4 nitrogen and oxygen atoms in total. The Labute approximate surface area is 225 Å². The lowest BCUT2D eigenvalue weighted by molar-refractivity contribution is -0.378. The lowest BCUT2D eigenvalue weighted by Crippen LogP contribution is -2.23. The van der Waals surface area contributed by atoms with Gasteiger partial charge in [-0.15, -0.1) is 23.1 Å². The van der Waals surface area contributed by atoms with Crippen LogP contribution in [0.3, 0.4) is 0 Å². The number of thiophene rings is 1. The Morgan fingerprint density at radius 1 is 0.919 bits per heavy atom. The summed E-state index contributed by atoms with van der Waals surface area (Å²) < 4.78 is 6.29. The first kappa shape index (κ1) is 24.8. The lowest BCUT2D eigenvalue weighted by atomic mass is 10.0. The van der Waals surface area contributed by atoms with Gasteiger partial charge in [-0.05, 0) is 65.2 Å². The summed E-state index contributed by atoms with van der Waals surface area (Å²) in [5.41, 5.74) is 6.06. The minimum Gasteiger partial charge on any atom is -0.488 e. The van der Waals surface area contributed by atoms with Crippen LogP contribution in [0.2, 0.25) is 0 Å². The Hall–Kier alpha value is -3.87. The van der Waals surface area contributed by atoms with E-state index in [-0.39, 0.29) is 5.91 Å². The number of hydrogen-bond donors (Lipinski definition) is 1. The Morgan fingerprint density at radius 3 is 2.49 bits per heavy atom. The van der Waals surface area contributed by atoms with E-state index in [1.165, 1.54) is 4.90 Å². The van der Waals surface area contributed by atoms with E-state index in [0.29, 0.717) is 18.7 Å². The molecule has 0 aliphatic carbocycles. The highest BCUT2D eigenvalue weighted by molar-refractivity contribution is 7.98. The summed E-state index contributed by atoms with van der Waals surface area (Å²) in [7, 11) is 0. The smallest absolute Gasteiger partial charge is 0.251 e. The van der Waals surface area contributed by atoms with Gasteiger partial charge in [0.2, 0.25) is 0 Å². The van der Waals surface area contributed by atoms with Crippen LogP contribution in [0.5, 0.6) is 5.75 Å². The standard InChI is InChI=1S/C31H26N2O2S2/c1-36-26-13-14-29(35-21-22-6-3-2-4-7-22)28(18-26)27-15-17-37-30(27)24-9-11-25(12-10-24)31(34)33-20-23-8-5-16-32-19-23/h2-19H,20-21H2,1H3,(H,33,34)/p+1. The summed E-state index contributed by atoms with van der Waals surface area (Å²) in [5.74, 6) is 0.765. The molecule has 0 spiro atoms. The highest BCUT2D eigenvalue weighted by Gasteiger charge is 2.16. The number of amides is 1. The largest absolute Gasteiger partial charge is 0.488 e. The summed E-state index contributed by atoms with van der Waals surface area (Å²) in [4.78, 5) is 18.0. The number of benzene rings is 3. The van der Waals surface area contributed by atoms with E-state index >= 15 is 0 Å². The van der Waals surface area contributed by atoms with Crippen molar-refractivity contribution in [3.8, 4) is 27.3 Å². The fourth-order valence-electron chi connectivity index (χ4n) is 4.05. The number of hydrogen-bond acceptors (Lipinski definition) is 4. The molecule has 37 heavy (non-hydrogen) atoms. The van der Waals surface area contributed by atoms with Gasteiger partial charge in [-0.1, -0.05) is 42.5 Å². The maximum Gasteiger partial charge on any atom is 0.251 e. The molecular formula is C31H27N2O2S2+. The van der Waals surface area contributed by atoms with Crippen LogP contribution in [0.15, 0.2) is 114 Å². The normalized spacial score (nSPS) is 10.7. The van der Waals surface area contributed by atoms with E-state index in [1.807, 2.05) is 67.0 Å². The van der Waals surface area contributed by atoms with E-state index in [0.717, 1.165) is 38.4 Å². The minimum atomic E-state index is -0.0916. The second kappa shape index (κ2) is 11.9. The predicted molar refractivity (Wildman–Crippen MR) is 152 cm³/mol. The molecule has 5 aromatic rings. The van der Waals surface area contributed by atoms with Gasteiger partial charge in [0.25, 0.3) is 5.91 Å². The van der Waals surface area contributed by atoms with Crippen molar-refractivity contribution in [2.45, 2.75) is 18.0 Å². The first-order chi connectivity index (χ1) is 18.2. The van der Waals surface area contributed by atoms with Crippen LogP contribution in [0.25, 0.3) is 21.6 Å². The van der Waals surface area contributed by atoms with Crippen molar-refractivity contribution in [2.24, 2.45) is 0 Å². The number of pyridine rings is 1. The van der Waals surface area contributed by atoms with Crippen molar-refractivity contribution in [2.75, 3.05) is 6.26 Å². The molecule has 3 aromatic carbocycles. The number of aromatic amines is 1. The fourth-order valence-corrected chi connectivity index (χ4v) is 5.41. The number of carbonyl (C=O) groups is 1. The van der Waals surface area contributed by atoms with E-state index in [2.05, 4.69) is 58.3 Å². The number of rotatable bonds is 9. The van der Waals surface area contributed by atoms with E-state index < -0.39 is 0 Å². The topological polar surface area (TPSA) is 52.5 Å². The third-order valence-electron chi connectivity index (χ3n) is 6.01. The maximum atomic E-state index is 12.7. The van der Waals surface area contributed by atoms with Gasteiger partial charge in [0.05, 0.1) is 0 Å². The molecule has 0 bridgehead atoms. The van der Waals surface area contributed by atoms with Crippen LogP contribution in [0, 0.1) is 0 Å². The van der Waals surface area contributed by atoms with Crippen molar-refractivity contribution < 1.29 is 14.5 Å². The molecule has 5 rings (SSSR count). The zero-order valence-electron chi connectivity index (χ0n) is 20.4. The van der Waals surface area contributed by atoms with Gasteiger partial charge in [-0.3, -0.25) is 4.79 Å². The van der Waals surface area contributed by atoms with Crippen molar-refractivity contribution in [1.82, 2.24) is 5.32 Å². The van der Waals surface area contributed by atoms with Crippen molar-refractivity contribution in [3.63, 3.8) is 0 Å². The Kier molecular flexibility index (Phi) is 7.99. The van der Waals surface area contributed by atoms with E-state index in [1.54, 1.807) is 23.1 Å². The highest BCUT2D eigenvalue weighted by Crippen LogP contribution is 2.42. The molecule has 0 aliphatic rings. The van der Waals surface area contributed by atoms with Gasteiger partial charge in [0.1, 0.15) is 12.4 Å². The van der Waals surface area contributed by atoms with Crippen LogP contribution in [0.4, 0.5) is 0 Å². The molecule has 2 heterocycles. The van der Waals surface area contributed by atoms with Gasteiger partial charge in [-0.25, -0.2) is 4.98 Å². The van der Waals surface area contributed by atoms with E-state index in [9.17, 15) is 4.79 Å². The van der Waals surface area contributed by atoms with Crippen molar-refractivity contribution >= 4 is 29.0 Å². The fraction of sp³-hybridized carbons (Fsp3) is 0.0968. The number of thioether (sulfide) groups is 1. The highest BCUT2D eigenvalue weighted by atomic mass is 32.2. The van der Waals surface area contributed by atoms with Crippen LogP contribution >= 0.6 is 23.1 Å². The predicted octanol–water partition coefficient (Wildman–Crippen LogP) is 7.13. The van der Waals surface area contributed by atoms with Crippen LogP contribution in [-0.4, -0.2) is 12.2 Å². The number of H-pyrrole nitrogens is 1. The Morgan fingerprint density at radius 2 is 1.73 bits per heavy atom. The molecule has 0 saturated carbocycles. The summed E-state index contributed by atoms with van der Waals surface area (Å²) in [6, 6.07) is 30.4. The van der Waals surface area contributed by atoms with Gasteiger partial charge in [0.15, 0.2) is 12.4 Å². The van der Waals surface area contributed by atoms with E-state index in [4.69, 9.17) is 4.74 Å². The molecule has 0 radical (unpaired) electrons. The summed E-state index contributed by atoms with van der Waals surface area (Å²) in [6.45, 7) is 0.987. The first-order valence-electron chi connectivity index (χ1n) is 12.0. The number of carbonyl (C=O) groups excluding carboxylic acids is 1. The molecule has 2 N–H and O–H groups in total. The third-order valence-corrected chi connectivity index (χ3v) is 7.70. The molecule has 0 aliphatic heterocycles. The maximum absolute atomic E-state index is 12.7. The zero-order chi connectivity index (χ0) is 25.5. The Bertz CT molecular complexity index is 1470. The molecule has 0 fully saturated rings. The van der Waals surface area contributed by atoms with Gasteiger partial charge in [0, 0.05) is 44.6 Å². The van der Waals surface area contributed by atoms with Crippen molar-refractivity contribution in [1.29, 1.82) is 0 Å². The van der Waals surface area contributed by atoms with Crippen LogP contribution in [-0.2, 0) is 13.2 Å². The lowest BCUT2D eigenvalue weighted by Gasteiger charge is -2.14. The second-order valence-corrected chi connectivity index (χ2v) is 10.3. The summed E-state index contributed by atoms with van der Waals surface area (Å²) in [6.07, 6.45) is 5.81. The quantitative estimate of drug-likeness (QED) is 0.209. The van der Waals surface area contributed by atoms with Gasteiger partial charge in [-0.2, -0.15) is 0 Å². The van der Waals surface area contributed by atoms with Crippen molar-refractivity contribution in [3.05, 3.63) is 125 Å². The monoisotopic (exact) mass is 523 g/mol. The zero-order valence-corrected chi connectivity index (χ0v) is 22.1. The Balaban J connectivity index is 1.37. The molecule has 0 unspecified atom stereocenters. The number of ether oxygens (including phenoxy) is 1. The molecule has 2 aromatic heterocycles. The summed E-state index contributed by atoms with van der Waals surface area (Å²) in [5, 5.41) is 5.09. The number of aromatic nitrogens is 1. The molecular weight excluding hydrogens is 496 g/mol. The van der Waals surface area contributed by atoms with Gasteiger partial charge >= 0.3 is 0 Å². The molecule has 6 heteroatoms. The SMILES string of the molecule is CSc1ccc(OCc2ccccc2)c(-c2ccsc2-c2ccc(C(=O)NCc3ccc[nH+]c3)cc2)c1. The molecule has 184 valence electrons. The van der Waals surface area contributed by atoms with Crippen LogP contribution < -0.4 is 15.0 Å². The molecule has 0 saturated heterocycles. The second-order valence-electron chi connectivity index (χ2n) is 8.47. The molecule has 1 amide bonds. The summed E-state index contributed by atoms with van der Waals surface area (Å²) >= 11 is 3.40. The van der Waals surface area contributed by atoms with Gasteiger partial charge < -0.3 is 10.1 Å². The average Bonchev–Trinajstić information content (AvgIpc) is 3.46. The average molecular weight is 524 g/mol.